The Hall–Kier alpha value is -1.06. The molecule has 0 aromatic heterocycles. The van der Waals surface area contributed by atoms with Gasteiger partial charge in [0.2, 0.25) is 0 Å². The van der Waals surface area contributed by atoms with E-state index >= 15 is 0 Å². The molecule has 1 aliphatic rings. The molecule has 19 heavy (non-hydrogen) atoms. The van der Waals surface area contributed by atoms with Crippen molar-refractivity contribution >= 4 is 0 Å². The summed E-state index contributed by atoms with van der Waals surface area (Å²) in [5.41, 5.74) is 1.31. The van der Waals surface area contributed by atoms with Crippen LogP contribution in [-0.4, -0.2) is 38.7 Å². The van der Waals surface area contributed by atoms with Gasteiger partial charge in [-0.1, -0.05) is 19.1 Å². The van der Waals surface area contributed by atoms with Crippen molar-refractivity contribution in [1.82, 2.24) is 10.2 Å². The average molecular weight is 262 g/mol. The van der Waals surface area contributed by atoms with Gasteiger partial charge in [0, 0.05) is 18.6 Å². The van der Waals surface area contributed by atoms with Crippen LogP contribution in [0.4, 0.5) is 0 Å². The van der Waals surface area contributed by atoms with Crippen molar-refractivity contribution in [1.29, 1.82) is 0 Å². The van der Waals surface area contributed by atoms with Crippen LogP contribution in [0.1, 0.15) is 31.4 Å². The molecule has 1 atom stereocenters. The summed E-state index contributed by atoms with van der Waals surface area (Å²) in [5, 5.41) is 3.68. The van der Waals surface area contributed by atoms with Crippen LogP contribution in [0, 0.1) is 5.92 Å². The second-order valence-corrected chi connectivity index (χ2v) is 5.94. The highest BCUT2D eigenvalue weighted by atomic mass is 16.5. The molecule has 1 N–H and O–H groups in total. The van der Waals surface area contributed by atoms with Crippen LogP contribution in [0.2, 0.25) is 0 Å². The second-order valence-electron chi connectivity index (χ2n) is 5.94. The van der Waals surface area contributed by atoms with Gasteiger partial charge >= 0.3 is 0 Å². The number of hydrogen-bond donors (Lipinski definition) is 1. The van der Waals surface area contributed by atoms with E-state index in [1.54, 1.807) is 7.11 Å². The van der Waals surface area contributed by atoms with E-state index in [4.69, 9.17) is 4.74 Å². The summed E-state index contributed by atoms with van der Waals surface area (Å²) in [6.07, 6.45) is 2.64. The Bertz CT molecular complexity index is 399. The third-order valence-electron chi connectivity index (χ3n) is 4.08. The molecule has 0 spiro atoms. The molecule has 0 amide bonds. The highest BCUT2D eigenvalue weighted by Crippen LogP contribution is 2.28. The molecule has 0 aliphatic heterocycles. The van der Waals surface area contributed by atoms with Crippen molar-refractivity contribution in [3.05, 3.63) is 29.8 Å². The molecule has 3 nitrogen and oxygen atoms in total. The van der Waals surface area contributed by atoms with E-state index in [0.29, 0.717) is 12.1 Å². The van der Waals surface area contributed by atoms with Crippen molar-refractivity contribution in [2.75, 3.05) is 27.7 Å². The van der Waals surface area contributed by atoms with Crippen molar-refractivity contribution in [2.45, 2.75) is 31.8 Å². The summed E-state index contributed by atoms with van der Waals surface area (Å²) >= 11 is 0. The third kappa shape index (κ3) is 3.71. The molecule has 3 heteroatoms. The molecule has 0 saturated heterocycles. The van der Waals surface area contributed by atoms with Crippen LogP contribution >= 0.6 is 0 Å². The minimum Gasteiger partial charge on any atom is -0.497 e. The van der Waals surface area contributed by atoms with Crippen molar-refractivity contribution in [3.63, 3.8) is 0 Å². The number of nitrogens with one attached hydrogen (secondary N) is 1. The topological polar surface area (TPSA) is 24.5 Å². The van der Waals surface area contributed by atoms with Gasteiger partial charge in [0.1, 0.15) is 5.75 Å². The van der Waals surface area contributed by atoms with E-state index in [2.05, 4.69) is 49.4 Å². The summed E-state index contributed by atoms with van der Waals surface area (Å²) in [6, 6.07) is 9.48. The fraction of sp³-hybridized carbons (Fsp3) is 0.625. The van der Waals surface area contributed by atoms with Crippen LogP contribution in [0.5, 0.6) is 5.75 Å². The molecule has 1 fully saturated rings. The Morgan fingerprint density at radius 3 is 2.68 bits per heavy atom. The maximum absolute atomic E-state index is 5.32. The van der Waals surface area contributed by atoms with Crippen molar-refractivity contribution in [3.8, 4) is 5.75 Å². The predicted molar refractivity (Wildman–Crippen MR) is 79.6 cm³/mol. The molecular weight excluding hydrogens is 236 g/mol. The Morgan fingerprint density at radius 2 is 2.11 bits per heavy atom. The smallest absolute Gasteiger partial charge is 0.119 e. The number of likely N-dealkylation sites (N-methyl/N-ethyl adjacent to an activating group) is 1. The number of ether oxygens (including phenoxy) is 1. The molecule has 1 aliphatic carbocycles. The van der Waals surface area contributed by atoms with Gasteiger partial charge in [-0.3, -0.25) is 0 Å². The molecule has 106 valence electrons. The Morgan fingerprint density at radius 1 is 1.37 bits per heavy atom. The van der Waals surface area contributed by atoms with Crippen LogP contribution in [0.15, 0.2) is 24.3 Å². The van der Waals surface area contributed by atoms with E-state index in [-0.39, 0.29) is 0 Å². The van der Waals surface area contributed by atoms with Gasteiger partial charge in [-0.25, -0.2) is 0 Å². The Labute approximate surface area is 116 Å². The predicted octanol–water partition coefficient (Wildman–Crippen LogP) is 2.69. The van der Waals surface area contributed by atoms with Crippen molar-refractivity contribution in [2.24, 2.45) is 5.92 Å². The van der Waals surface area contributed by atoms with Gasteiger partial charge in [0.15, 0.2) is 0 Å². The van der Waals surface area contributed by atoms with Gasteiger partial charge in [0.25, 0.3) is 0 Å². The standard InChI is InChI=1S/C16H26N2O/c1-12-8-14(9-12)17-11-16(18(2)3)13-6-5-7-15(10-13)19-4/h5-7,10,12,14,16-17H,8-9,11H2,1-4H3. The summed E-state index contributed by atoms with van der Waals surface area (Å²) in [4.78, 5) is 2.27. The van der Waals surface area contributed by atoms with Crippen molar-refractivity contribution < 1.29 is 4.74 Å². The van der Waals surface area contributed by atoms with E-state index < -0.39 is 0 Å². The molecule has 1 aromatic carbocycles. The maximum atomic E-state index is 5.32. The number of nitrogens with zero attached hydrogens (tertiary/aromatic N) is 1. The average Bonchev–Trinajstić information content (AvgIpc) is 2.36. The number of benzene rings is 1. The highest BCUT2D eigenvalue weighted by Gasteiger charge is 2.26. The van der Waals surface area contributed by atoms with Gasteiger partial charge in [-0.15, -0.1) is 0 Å². The zero-order valence-electron chi connectivity index (χ0n) is 12.5. The first kappa shape index (κ1) is 14.4. The molecule has 1 unspecified atom stereocenters. The SMILES string of the molecule is COc1cccc(C(CNC2CC(C)C2)N(C)C)c1. The summed E-state index contributed by atoms with van der Waals surface area (Å²) in [5.74, 6) is 1.83. The molecule has 1 saturated carbocycles. The second kappa shape index (κ2) is 6.40. The van der Waals surface area contributed by atoms with Gasteiger partial charge < -0.3 is 15.0 Å². The lowest BCUT2D eigenvalue weighted by atomic mass is 9.82. The molecular formula is C16H26N2O. The van der Waals surface area contributed by atoms with Crippen LogP contribution in [0.25, 0.3) is 0 Å². The highest BCUT2D eigenvalue weighted by molar-refractivity contribution is 5.30. The lowest BCUT2D eigenvalue weighted by molar-refractivity contribution is 0.211. The minimum absolute atomic E-state index is 0.394. The molecule has 0 heterocycles. The quantitative estimate of drug-likeness (QED) is 0.853. The van der Waals surface area contributed by atoms with E-state index in [9.17, 15) is 0 Å². The monoisotopic (exact) mass is 262 g/mol. The third-order valence-corrected chi connectivity index (χ3v) is 4.08. The minimum atomic E-state index is 0.394. The normalized spacial score (nSPS) is 24.1. The molecule has 1 aromatic rings. The van der Waals surface area contributed by atoms with Gasteiger partial charge in [-0.2, -0.15) is 0 Å². The lowest BCUT2D eigenvalue weighted by Crippen LogP contribution is -2.43. The zero-order chi connectivity index (χ0) is 13.8. The Kier molecular flexibility index (Phi) is 4.83. The zero-order valence-corrected chi connectivity index (χ0v) is 12.5. The fourth-order valence-corrected chi connectivity index (χ4v) is 2.79. The molecule has 2 rings (SSSR count). The van der Waals surface area contributed by atoms with E-state index in [1.807, 2.05) is 6.07 Å². The first-order chi connectivity index (χ1) is 9.10. The summed E-state index contributed by atoms with van der Waals surface area (Å²) in [6.45, 7) is 3.32. The maximum Gasteiger partial charge on any atom is 0.119 e. The lowest BCUT2D eigenvalue weighted by Gasteiger charge is -2.36. The van der Waals surface area contributed by atoms with Gasteiger partial charge in [0.05, 0.1) is 7.11 Å². The van der Waals surface area contributed by atoms with Gasteiger partial charge in [-0.05, 0) is 50.6 Å². The summed E-state index contributed by atoms with van der Waals surface area (Å²) < 4.78 is 5.32. The number of rotatable bonds is 6. The first-order valence-electron chi connectivity index (χ1n) is 7.14. The summed E-state index contributed by atoms with van der Waals surface area (Å²) in [7, 11) is 5.99. The fourth-order valence-electron chi connectivity index (χ4n) is 2.79. The van der Waals surface area contributed by atoms with Crippen LogP contribution < -0.4 is 10.1 Å². The van der Waals surface area contributed by atoms with E-state index in [0.717, 1.165) is 18.2 Å². The largest absolute Gasteiger partial charge is 0.497 e. The molecule has 0 bridgehead atoms. The number of methoxy groups -OCH3 is 1. The number of hydrogen-bond acceptors (Lipinski definition) is 3. The van der Waals surface area contributed by atoms with E-state index in [1.165, 1.54) is 18.4 Å². The Balaban J connectivity index is 1.98. The first-order valence-corrected chi connectivity index (χ1v) is 7.14. The molecule has 0 radical (unpaired) electrons. The van der Waals surface area contributed by atoms with Crippen LogP contribution in [0.3, 0.4) is 0 Å². The van der Waals surface area contributed by atoms with Crippen LogP contribution in [-0.2, 0) is 0 Å².